The lowest BCUT2D eigenvalue weighted by atomic mass is 10.2. The van der Waals surface area contributed by atoms with Crippen molar-refractivity contribution >= 4 is 6.03 Å². The van der Waals surface area contributed by atoms with Crippen molar-refractivity contribution in [3.63, 3.8) is 0 Å². The molecule has 22 heavy (non-hydrogen) atoms. The average molecular weight is 308 g/mol. The summed E-state index contributed by atoms with van der Waals surface area (Å²) >= 11 is 0. The molecule has 0 aromatic carbocycles. The highest BCUT2D eigenvalue weighted by Gasteiger charge is 2.47. The number of urea groups is 1. The molecule has 2 unspecified atom stereocenters. The van der Waals surface area contributed by atoms with Crippen molar-refractivity contribution in [1.82, 2.24) is 21.3 Å². The second-order valence-electron chi connectivity index (χ2n) is 4.35. The summed E-state index contributed by atoms with van der Waals surface area (Å²) in [7, 11) is 0. The lowest BCUT2D eigenvalue weighted by Crippen LogP contribution is -2.69. The molecule has 0 fully saturated rings. The van der Waals surface area contributed by atoms with Crippen molar-refractivity contribution in [3.05, 3.63) is 69.1 Å². The van der Waals surface area contributed by atoms with Crippen LogP contribution in [0.25, 0.3) is 0 Å². The Kier molecular flexibility index (Phi) is 3.79. The Bertz CT molecular complexity index is 574. The number of allylic oxidation sites excluding steroid dienone is 4. The maximum absolute atomic E-state index is 12.0. The van der Waals surface area contributed by atoms with Gasteiger partial charge in [0.1, 0.15) is 0 Å². The molecule has 2 atom stereocenters. The molecule has 0 radical (unpaired) electrons. The summed E-state index contributed by atoms with van der Waals surface area (Å²) < 4.78 is 0. The van der Waals surface area contributed by atoms with Gasteiger partial charge in [-0.3, -0.25) is 30.9 Å². The number of dihydropyridines is 2. The van der Waals surface area contributed by atoms with Gasteiger partial charge in [0.2, 0.25) is 0 Å². The fraction of sp³-hybridized carbons (Fsp3) is 0.182. The summed E-state index contributed by atoms with van der Waals surface area (Å²) in [6, 6.07) is -1.10. The van der Waals surface area contributed by atoms with Crippen LogP contribution in [0.15, 0.2) is 48.9 Å². The van der Waals surface area contributed by atoms with Crippen LogP contribution in [-0.4, -0.2) is 27.5 Å². The van der Waals surface area contributed by atoms with Gasteiger partial charge in [-0.2, -0.15) is 0 Å². The van der Waals surface area contributed by atoms with Crippen LogP contribution in [0.2, 0.25) is 0 Å². The molecule has 2 rings (SSSR count). The summed E-state index contributed by atoms with van der Waals surface area (Å²) in [4.78, 5) is 32.8. The topological polar surface area (TPSA) is 151 Å². The normalized spacial score (nSPS) is 28.4. The third-order valence-corrected chi connectivity index (χ3v) is 2.88. The van der Waals surface area contributed by atoms with E-state index in [1.54, 1.807) is 0 Å². The smallest absolute Gasteiger partial charge is 0.306 e. The Hall–Kier alpha value is -3.37. The minimum absolute atomic E-state index is 0.768. The molecule has 116 valence electrons. The Morgan fingerprint density at radius 3 is 1.55 bits per heavy atom. The number of rotatable bonds is 4. The second-order valence-corrected chi connectivity index (χ2v) is 4.35. The van der Waals surface area contributed by atoms with Crippen molar-refractivity contribution in [2.24, 2.45) is 0 Å². The molecule has 0 bridgehead atoms. The highest BCUT2D eigenvalue weighted by molar-refractivity contribution is 5.76. The minimum atomic E-state index is -2.08. The molecule has 4 N–H and O–H groups in total. The van der Waals surface area contributed by atoms with E-state index >= 15 is 0 Å². The van der Waals surface area contributed by atoms with Crippen LogP contribution in [0.1, 0.15) is 0 Å². The van der Waals surface area contributed by atoms with Gasteiger partial charge in [-0.15, -0.1) is 0 Å². The highest BCUT2D eigenvalue weighted by atomic mass is 16.6. The van der Waals surface area contributed by atoms with Crippen LogP contribution in [0.3, 0.4) is 0 Å². The highest BCUT2D eigenvalue weighted by Crippen LogP contribution is 2.11. The van der Waals surface area contributed by atoms with Crippen molar-refractivity contribution in [1.29, 1.82) is 0 Å². The molecule has 0 saturated carbocycles. The zero-order chi connectivity index (χ0) is 16.2. The fourth-order valence-electron chi connectivity index (χ4n) is 1.80. The molecule has 11 nitrogen and oxygen atoms in total. The van der Waals surface area contributed by atoms with Gasteiger partial charge in [0.15, 0.2) is 0 Å². The molecule has 2 aliphatic heterocycles. The Labute approximate surface area is 123 Å². The van der Waals surface area contributed by atoms with E-state index in [2.05, 4.69) is 21.3 Å². The van der Waals surface area contributed by atoms with E-state index < -0.39 is 27.5 Å². The predicted octanol–water partition coefficient (Wildman–Crippen LogP) is -0.507. The predicted molar refractivity (Wildman–Crippen MR) is 73.9 cm³/mol. The van der Waals surface area contributed by atoms with Gasteiger partial charge in [0, 0.05) is 24.6 Å². The van der Waals surface area contributed by atoms with E-state index in [4.69, 9.17) is 0 Å². The number of amides is 2. The lowest BCUT2D eigenvalue weighted by Gasteiger charge is -2.28. The SMILES string of the molecule is O=C(NC1([N+](=O)[O-])C=CC=CN1)NC1([N+](=O)[O-])C=CC=CN1. The largest absolute Gasteiger partial charge is 0.396 e. The van der Waals surface area contributed by atoms with Gasteiger partial charge in [-0.05, 0) is 12.2 Å². The van der Waals surface area contributed by atoms with Gasteiger partial charge in [0.05, 0.1) is 9.85 Å². The molecule has 11 heteroatoms. The van der Waals surface area contributed by atoms with Crippen molar-refractivity contribution in [2.45, 2.75) is 11.6 Å². The molecule has 0 aromatic rings. The molecular weight excluding hydrogens is 296 g/mol. The van der Waals surface area contributed by atoms with Crippen LogP contribution in [0, 0.1) is 20.2 Å². The Balaban J connectivity index is 2.15. The van der Waals surface area contributed by atoms with E-state index in [9.17, 15) is 25.0 Å². The quantitative estimate of drug-likeness (QED) is 0.310. The third kappa shape index (κ3) is 2.72. The monoisotopic (exact) mass is 308 g/mol. The number of carbonyl (C=O) groups excluding carboxylic acids is 1. The fourth-order valence-corrected chi connectivity index (χ4v) is 1.80. The molecule has 0 spiro atoms. The number of carbonyl (C=O) groups is 1. The Morgan fingerprint density at radius 2 is 1.27 bits per heavy atom. The zero-order valence-corrected chi connectivity index (χ0v) is 11.1. The van der Waals surface area contributed by atoms with Gasteiger partial charge < -0.3 is 10.6 Å². The minimum Gasteiger partial charge on any atom is -0.306 e. The second kappa shape index (κ2) is 5.55. The molecular formula is C11H12N6O5. The van der Waals surface area contributed by atoms with Crippen LogP contribution in [-0.2, 0) is 0 Å². The number of nitrogens with one attached hydrogen (secondary N) is 4. The summed E-state index contributed by atoms with van der Waals surface area (Å²) in [5.41, 5.74) is 0. The van der Waals surface area contributed by atoms with E-state index in [-0.39, 0.29) is 0 Å². The lowest BCUT2D eigenvalue weighted by molar-refractivity contribution is -0.570. The average Bonchev–Trinajstić information content (AvgIpc) is 2.48. The number of nitro groups is 2. The molecule has 2 heterocycles. The first kappa shape index (κ1) is 15.0. The van der Waals surface area contributed by atoms with Gasteiger partial charge in [-0.25, -0.2) is 4.79 Å². The molecule has 0 saturated heterocycles. The number of nitrogens with zero attached hydrogens (tertiary/aromatic N) is 2. The molecule has 0 aromatic heterocycles. The van der Waals surface area contributed by atoms with Crippen molar-refractivity contribution in [2.75, 3.05) is 0 Å². The summed E-state index contributed by atoms with van der Waals surface area (Å²) in [6.07, 6.45) is 10.5. The van der Waals surface area contributed by atoms with E-state index in [1.807, 2.05) is 0 Å². The maximum atomic E-state index is 12.0. The summed E-state index contributed by atoms with van der Waals surface area (Å²) in [6.45, 7) is 0. The van der Waals surface area contributed by atoms with Gasteiger partial charge in [-0.1, -0.05) is 12.2 Å². The Morgan fingerprint density at radius 1 is 0.864 bits per heavy atom. The van der Waals surface area contributed by atoms with Gasteiger partial charge >= 0.3 is 17.6 Å². The standard InChI is InChI=1S/C11H12N6O5/c18-9(14-10(16(19)20)5-1-3-7-12-10)15-11(17(21)22)6-2-4-8-13-11/h1-8,12-13H,(H2,14,15,18). The van der Waals surface area contributed by atoms with Crippen molar-refractivity contribution < 1.29 is 14.6 Å². The molecule has 2 aliphatic rings. The first-order valence-corrected chi connectivity index (χ1v) is 6.04. The van der Waals surface area contributed by atoms with Crippen LogP contribution >= 0.6 is 0 Å². The number of hydrogen-bond donors (Lipinski definition) is 4. The van der Waals surface area contributed by atoms with Crippen LogP contribution in [0.4, 0.5) is 4.79 Å². The van der Waals surface area contributed by atoms with E-state index in [0.717, 1.165) is 12.2 Å². The summed E-state index contributed by atoms with van der Waals surface area (Å²) in [5, 5.41) is 31.2. The number of hydrogen-bond acceptors (Lipinski definition) is 7. The molecule has 0 aliphatic carbocycles. The third-order valence-electron chi connectivity index (χ3n) is 2.88. The van der Waals surface area contributed by atoms with E-state index in [0.29, 0.717) is 0 Å². The van der Waals surface area contributed by atoms with Crippen LogP contribution in [0.5, 0.6) is 0 Å². The molecule has 2 amide bonds. The van der Waals surface area contributed by atoms with Crippen LogP contribution < -0.4 is 21.3 Å². The van der Waals surface area contributed by atoms with Crippen molar-refractivity contribution in [3.8, 4) is 0 Å². The maximum Gasteiger partial charge on any atom is 0.396 e. The van der Waals surface area contributed by atoms with Gasteiger partial charge in [0.25, 0.3) is 0 Å². The first-order chi connectivity index (χ1) is 10.4. The first-order valence-electron chi connectivity index (χ1n) is 6.04. The zero-order valence-electron chi connectivity index (χ0n) is 11.1. The summed E-state index contributed by atoms with van der Waals surface area (Å²) in [5.74, 6) is -4.16. The van der Waals surface area contributed by atoms with E-state index in [1.165, 1.54) is 36.7 Å².